The second kappa shape index (κ2) is 4.95. The smallest absolute Gasteiger partial charge is 0.319 e. The molecule has 0 rings (SSSR count). The molecule has 1 amide bonds. The third-order valence-corrected chi connectivity index (χ3v) is 2.55. The Kier molecular flexibility index (Phi) is 4.56. The van der Waals surface area contributed by atoms with Crippen LogP contribution in [0.15, 0.2) is 0 Å². The van der Waals surface area contributed by atoms with Crippen LogP contribution in [0.3, 0.4) is 0 Å². The van der Waals surface area contributed by atoms with E-state index in [1.54, 1.807) is 6.92 Å². The topological polar surface area (TPSA) is 75.6 Å². The van der Waals surface area contributed by atoms with E-state index >= 15 is 0 Å². The monoisotopic (exact) mass is 203 g/mol. The Labute approximate surface area is 83.4 Å². The van der Waals surface area contributed by atoms with E-state index in [9.17, 15) is 9.59 Å². The Morgan fingerprint density at radius 1 is 1.57 bits per heavy atom. The Morgan fingerprint density at radius 2 is 2.07 bits per heavy atom. The summed E-state index contributed by atoms with van der Waals surface area (Å²) in [5, 5.41) is 11.4. The van der Waals surface area contributed by atoms with Crippen molar-refractivity contribution in [2.45, 2.75) is 13.8 Å². The van der Waals surface area contributed by atoms with Gasteiger partial charge in [-0.1, -0.05) is 6.92 Å². The maximum absolute atomic E-state index is 11.4. The summed E-state index contributed by atoms with van der Waals surface area (Å²) in [6, 6.07) is 0. The fraction of sp³-hybridized carbons (Fsp3) is 0.778. The first-order chi connectivity index (χ1) is 6.41. The molecule has 0 radical (unpaired) electrons. The molecule has 0 aromatic rings. The van der Waals surface area contributed by atoms with Crippen LogP contribution in [0.5, 0.6) is 0 Å². The van der Waals surface area contributed by atoms with Crippen molar-refractivity contribution in [3.05, 3.63) is 0 Å². The molecule has 0 spiro atoms. The van der Waals surface area contributed by atoms with Crippen LogP contribution >= 0.6 is 0 Å². The summed E-state index contributed by atoms with van der Waals surface area (Å²) >= 11 is 0. The number of carbonyl (C=O) groups excluding carboxylic acids is 1. The highest BCUT2D eigenvalue weighted by molar-refractivity contribution is 6.01. The fourth-order valence-corrected chi connectivity index (χ4v) is 1.21. The van der Waals surface area contributed by atoms with E-state index in [4.69, 9.17) is 9.84 Å². The lowest BCUT2D eigenvalue weighted by Gasteiger charge is -2.28. The molecular weight excluding hydrogens is 186 g/mol. The van der Waals surface area contributed by atoms with E-state index in [0.717, 1.165) is 0 Å². The van der Waals surface area contributed by atoms with Gasteiger partial charge in [0, 0.05) is 20.1 Å². The van der Waals surface area contributed by atoms with Gasteiger partial charge in [0.15, 0.2) is 0 Å². The maximum Gasteiger partial charge on any atom is 0.319 e. The SMILES string of the molecule is CNC(=O)C(C)(C(=O)O)C(C)COC. The van der Waals surface area contributed by atoms with Crippen LogP contribution in [-0.2, 0) is 14.3 Å². The fourth-order valence-electron chi connectivity index (χ4n) is 1.21. The van der Waals surface area contributed by atoms with E-state index < -0.39 is 17.3 Å². The summed E-state index contributed by atoms with van der Waals surface area (Å²) in [4.78, 5) is 22.5. The number of hydrogen-bond acceptors (Lipinski definition) is 3. The van der Waals surface area contributed by atoms with Gasteiger partial charge in [-0.05, 0) is 6.92 Å². The molecule has 0 aliphatic carbocycles. The molecule has 14 heavy (non-hydrogen) atoms. The minimum Gasteiger partial charge on any atom is -0.480 e. The lowest BCUT2D eigenvalue weighted by Crippen LogP contribution is -2.48. The number of carbonyl (C=O) groups is 2. The normalized spacial score (nSPS) is 16.9. The van der Waals surface area contributed by atoms with Crippen molar-refractivity contribution in [2.75, 3.05) is 20.8 Å². The minimum absolute atomic E-state index is 0.232. The molecule has 0 aromatic heterocycles. The lowest BCUT2D eigenvalue weighted by molar-refractivity contribution is -0.159. The van der Waals surface area contributed by atoms with Crippen molar-refractivity contribution in [3.63, 3.8) is 0 Å². The zero-order chi connectivity index (χ0) is 11.4. The maximum atomic E-state index is 11.4. The van der Waals surface area contributed by atoms with Crippen LogP contribution in [0.4, 0.5) is 0 Å². The first-order valence-electron chi connectivity index (χ1n) is 4.35. The molecule has 2 N–H and O–H groups in total. The molecule has 0 saturated carbocycles. The average molecular weight is 203 g/mol. The van der Waals surface area contributed by atoms with Crippen LogP contribution in [0.2, 0.25) is 0 Å². The number of hydrogen-bond donors (Lipinski definition) is 2. The number of ether oxygens (including phenoxy) is 1. The number of amides is 1. The van der Waals surface area contributed by atoms with E-state index in [1.807, 2.05) is 0 Å². The Hall–Kier alpha value is -1.10. The third-order valence-electron chi connectivity index (χ3n) is 2.55. The largest absolute Gasteiger partial charge is 0.480 e. The second-order valence-corrected chi connectivity index (χ2v) is 3.44. The molecule has 0 aromatic carbocycles. The summed E-state index contributed by atoms with van der Waals surface area (Å²) < 4.78 is 4.85. The van der Waals surface area contributed by atoms with Gasteiger partial charge in [0.1, 0.15) is 5.41 Å². The van der Waals surface area contributed by atoms with Crippen LogP contribution in [0.25, 0.3) is 0 Å². The molecular formula is C9H17NO4. The molecule has 2 atom stereocenters. The van der Waals surface area contributed by atoms with Gasteiger partial charge in [0.2, 0.25) is 5.91 Å². The molecule has 0 saturated heterocycles. The first kappa shape index (κ1) is 12.9. The number of rotatable bonds is 5. The highest BCUT2D eigenvalue weighted by Gasteiger charge is 2.45. The van der Waals surface area contributed by atoms with Gasteiger partial charge in [0.05, 0.1) is 6.61 Å². The van der Waals surface area contributed by atoms with E-state index in [-0.39, 0.29) is 12.5 Å². The van der Waals surface area contributed by atoms with E-state index in [1.165, 1.54) is 21.1 Å². The van der Waals surface area contributed by atoms with Crippen molar-refractivity contribution in [3.8, 4) is 0 Å². The van der Waals surface area contributed by atoms with Gasteiger partial charge in [-0.15, -0.1) is 0 Å². The summed E-state index contributed by atoms with van der Waals surface area (Å²) in [6.45, 7) is 3.31. The molecule has 0 fully saturated rings. The standard InChI is InChI=1S/C9H17NO4/c1-6(5-14-4)9(2,8(12)13)7(11)10-3/h6H,5H2,1-4H3,(H,10,11)(H,12,13). The van der Waals surface area contributed by atoms with Gasteiger partial charge in [-0.25, -0.2) is 0 Å². The minimum atomic E-state index is -1.44. The summed E-state index contributed by atoms with van der Waals surface area (Å²) in [7, 11) is 2.89. The highest BCUT2D eigenvalue weighted by atomic mass is 16.5. The molecule has 0 aliphatic heterocycles. The molecule has 0 heterocycles. The lowest BCUT2D eigenvalue weighted by atomic mass is 9.77. The number of aliphatic carboxylic acids is 1. The molecule has 0 bridgehead atoms. The van der Waals surface area contributed by atoms with Gasteiger partial charge in [-0.2, -0.15) is 0 Å². The van der Waals surface area contributed by atoms with E-state index in [0.29, 0.717) is 0 Å². The van der Waals surface area contributed by atoms with Crippen molar-refractivity contribution in [1.82, 2.24) is 5.32 Å². The number of nitrogens with one attached hydrogen (secondary N) is 1. The Bertz CT molecular complexity index is 229. The van der Waals surface area contributed by atoms with Gasteiger partial charge in [-0.3, -0.25) is 9.59 Å². The highest BCUT2D eigenvalue weighted by Crippen LogP contribution is 2.28. The van der Waals surface area contributed by atoms with Crippen molar-refractivity contribution in [2.24, 2.45) is 11.3 Å². The van der Waals surface area contributed by atoms with Gasteiger partial charge >= 0.3 is 5.97 Å². The predicted octanol–water partition coefficient (Wildman–Crippen LogP) is 0.106. The Balaban J connectivity index is 4.89. The third kappa shape index (κ3) is 2.23. The second-order valence-electron chi connectivity index (χ2n) is 3.44. The molecule has 5 nitrogen and oxygen atoms in total. The zero-order valence-electron chi connectivity index (χ0n) is 8.96. The molecule has 5 heteroatoms. The predicted molar refractivity (Wildman–Crippen MR) is 50.8 cm³/mol. The van der Waals surface area contributed by atoms with Crippen LogP contribution < -0.4 is 5.32 Å². The summed E-state index contributed by atoms with van der Waals surface area (Å²) in [5.41, 5.74) is -1.44. The van der Waals surface area contributed by atoms with Gasteiger partial charge < -0.3 is 15.2 Å². The zero-order valence-corrected chi connectivity index (χ0v) is 8.96. The van der Waals surface area contributed by atoms with Crippen molar-refractivity contribution >= 4 is 11.9 Å². The van der Waals surface area contributed by atoms with Crippen molar-refractivity contribution in [1.29, 1.82) is 0 Å². The number of carboxylic acid groups (broad SMARTS) is 1. The van der Waals surface area contributed by atoms with Crippen LogP contribution in [0.1, 0.15) is 13.8 Å². The Morgan fingerprint density at radius 3 is 2.36 bits per heavy atom. The molecule has 2 unspecified atom stereocenters. The number of carboxylic acids is 1. The summed E-state index contributed by atoms with van der Waals surface area (Å²) in [5.74, 6) is -2.03. The average Bonchev–Trinajstić information content (AvgIpc) is 2.15. The summed E-state index contributed by atoms with van der Waals surface area (Å²) in [6.07, 6.45) is 0. The molecule has 82 valence electrons. The van der Waals surface area contributed by atoms with Crippen molar-refractivity contribution < 1.29 is 19.4 Å². The van der Waals surface area contributed by atoms with Crippen LogP contribution in [-0.4, -0.2) is 37.7 Å². The molecule has 0 aliphatic rings. The quantitative estimate of drug-likeness (QED) is 0.622. The first-order valence-corrected chi connectivity index (χ1v) is 4.35. The van der Waals surface area contributed by atoms with Crippen LogP contribution in [0, 0.1) is 11.3 Å². The van der Waals surface area contributed by atoms with E-state index in [2.05, 4.69) is 5.32 Å². The van der Waals surface area contributed by atoms with Gasteiger partial charge in [0.25, 0.3) is 0 Å². The number of methoxy groups -OCH3 is 1.